The monoisotopic (exact) mass is 256 g/mol. The van der Waals surface area contributed by atoms with Gasteiger partial charge >= 0.3 is 5.97 Å². The summed E-state index contributed by atoms with van der Waals surface area (Å²) in [5.74, 6) is -1.58. The summed E-state index contributed by atoms with van der Waals surface area (Å²) in [6.45, 7) is 4.06. The van der Waals surface area contributed by atoms with Crippen LogP contribution in [0.25, 0.3) is 0 Å². The fraction of sp³-hybridized carbons (Fsp3) is 0.833. The number of carbonyl (C=O) groups is 2. The number of carbonyl (C=O) groups excluding carboxylic acids is 1. The van der Waals surface area contributed by atoms with Gasteiger partial charge in [-0.05, 0) is 25.9 Å². The van der Waals surface area contributed by atoms with Crippen LogP contribution in [0.5, 0.6) is 0 Å². The van der Waals surface area contributed by atoms with Crippen molar-refractivity contribution in [2.24, 2.45) is 11.3 Å². The molecule has 0 radical (unpaired) electrons. The van der Waals surface area contributed by atoms with Crippen molar-refractivity contribution >= 4 is 11.9 Å². The molecule has 2 unspecified atom stereocenters. The normalized spacial score (nSPS) is 30.9. The summed E-state index contributed by atoms with van der Waals surface area (Å²) in [6, 6.07) is -0.401. The molecule has 0 saturated carbocycles. The third-order valence-corrected chi connectivity index (χ3v) is 3.97. The lowest BCUT2D eigenvalue weighted by atomic mass is 9.80. The number of piperidine rings is 1. The van der Waals surface area contributed by atoms with E-state index in [4.69, 9.17) is 9.84 Å². The van der Waals surface area contributed by atoms with Crippen molar-refractivity contribution in [2.75, 3.05) is 26.3 Å². The summed E-state index contributed by atoms with van der Waals surface area (Å²) in [4.78, 5) is 23.3. The van der Waals surface area contributed by atoms with E-state index in [9.17, 15) is 9.59 Å². The Bertz CT molecular complexity index is 339. The first-order chi connectivity index (χ1) is 8.53. The zero-order valence-corrected chi connectivity index (χ0v) is 10.6. The molecule has 2 aliphatic heterocycles. The van der Waals surface area contributed by atoms with Gasteiger partial charge in [0.2, 0.25) is 5.91 Å². The number of carboxylic acid groups (broad SMARTS) is 1. The number of aliphatic carboxylic acids is 1. The molecular formula is C12H20N2O4. The van der Waals surface area contributed by atoms with Gasteiger partial charge in [0.15, 0.2) is 0 Å². The molecule has 6 nitrogen and oxygen atoms in total. The largest absolute Gasteiger partial charge is 0.481 e. The summed E-state index contributed by atoms with van der Waals surface area (Å²) in [5, 5.41) is 15.1. The Kier molecular flexibility index (Phi) is 3.87. The Morgan fingerprint density at radius 2 is 2.00 bits per heavy atom. The van der Waals surface area contributed by atoms with Gasteiger partial charge in [-0.1, -0.05) is 6.92 Å². The number of hydrogen-bond acceptors (Lipinski definition) is 4. The van der Waals surface area contributed by atoms with Crippen molar-refractivity contribution < 1.29 is 19.4 Å². The molecule has 0 aromatic carbocycles. The predicted octanol–water partition coefficient (Wildman–Crippen LogP) is -0.408. The fourth-order valence-electron chi connectivity index (χ4n) is 2.49. The molecule has 1 amide bonds. The molecule has 2 fully saturated rings. The summed E-state index contributed by atoms with van der Waals surface area (Å²) < 4.78 is 5.14. The molecule has 2 aliphatic rings. The first kappa shape index (κ1) is 13.3. The second-order valence-corrected chi connectivity index (χ2v) is 5.37. The molecule has 2 rings (SSSR count). The predicted molar refractivity (Wildman–Crippen MR) is 64.1 cm³/mol. The van der Waals surface area contributed by atoms with Gasteiger partial charge in [-0.2, -0.15) is 0 Å². The highest BCUT2D eigenvalue weighted by Crippen LogP contribution is 2.28. The average molecular weight is 256 g/mol. The van der Waals surface area contributed by atoms with E-state index in [-0.39, 0.29) is 19.1 Å². The minimum Gasteiger partial charge on any atom is -0.481 e. The Morgan fingerprint density at radius 3 is 2.61 bits per heavy atom. The molecule has 6 heteroatoms. The zero-order chi connectivity index (χ0) is 13.2. The van der Waals surface area contributed by atoms with Crippen molar-refractivity contribution in [1.82, 2.24) is 10.6 Å². The van der Waals surface area contributed by atoms with E-state index in [1.54, 1.807) is 0 Å². The number of carboxylic acids is 1. The Morgan fingerprint density at radius 1 is 1.33 bits per heavy atom. The maximum absolute atomic E-state index is 12.3. The van der Waals surface area contributed by atoms with Gasteiger partial charge in [-0.3, -0.25) is 9.59 Å². The lowest BCUT2D eigenvalue weighted by Crippen LogP contribution is -2.51. The van der Waals surface area contributed by atoms with Crippen LogP contribution in [0.1, 0.15) is 19.8 Å². The first-order valence-corrected chi connectivity index (χ1v) is 6.35. The maximum Gasteiger partial charge on any atom is 0.311 e. The lowest BCUT2D eigenvalue weighted by Gasteiger charge is -2.33. The van der Waals surface area contributed by atoms with Gasteiger partial charge in [0, 0.05) is 5.41 Å². The number of hydrogen-bond donors (Lipinski definition) is 3. The third-order valence-electron chi connectivity index (χ3n) is 3.97. The molecule has 0 aromatic heterocycles. The molecule has 0 spiro atoms. The topological polar surface area (TPSA) is 87.7 Å². The lowest BCUT2D eigenvalue weighted by molar-refractivity contribution is -0.142. The molecular weight excluding hydrogens is 236 g/mol. The van der Waals surface area contributed by atoms with E-state index in [1.807, 2.05) is 6.92 Å². The molecule has 0 aliphatic carbocycles. The third kappa shape index (κ3) is 2.64. The summed E-state index contributed by atoms with van der Waals surface area (Å²) in [7, 11) is 0. The molecule has 102 valence electrons. The van der Waals surface area contributed by atoms with Crippen molar-refractivity contribution in [1.29, 1.82) is 0 Å². The van der Waals surface area contributed by atoms with Crippen molar-refractivity contribution in [2.45, 2.75) is 25.8 Å². The van der Waals surface area contributed by atoms with Crippen LogP contribution >= 0.6 is 0 Å². The molecule has 18 heavy (non-hydrogen) atoms. The quantitative estimate of drug-likeness (QED) is 0.639. The fourth-order valence-corrected chi connectivity index (χ4v) is 2.49. The SMILES string of the molecule is CC1(C(=O)NC2COCC2C(=O)O)CCNCC1. The standard InChI is InChI=1S/C12H20N2O4/c1-12(2-4-13-5-3-12)11(17)14-9-7-18-6-8(9)10(15)16/h8-9,13H,2-7H2,1H3,(H,14,17)(H,15,16). The van der Waals surface area contributed by atoms with E-state index in [1.165, 1.54) is 0 Å². The molecule has 2 heterocycles. The van der Waals surface area contributed by atoms with E-state index in [2.05, 4.69) is 10.6 Å². The van der Waals surface area contributed by atoms with Gasteiger partial charge in [0.1, 0.15) is 5.92 Å². The van der Waals surface area contributed by atoms with Gasteiger partial charge in [-0.15, -0.1) is 0 Å². The second kappa shape index (κ2) is 5.24. The Labute approximate surface area is 106 Å². The van der Waals surface area contributed by atoms with E-state index < -0.39 is 23.3 Å². The van der Waals surface area contributed by atoms with E-state index in [0.29, 0.717) is 0 Å². The van der Waals surface area contributed by atoms with Gasteiger partial charge < -0.3 is 20.5 Å². The number of nitrogens with one attached hydrogen (secondary N) is 2. The average Bonchev–Trinajstić information content (AvgIpc) is 2.78. The van der Waals surface area contributed by atoms with Crippen LogP contribution in [-0.4, -0.2) is 49.3 Å². The van der Waals surface area contributed by atoms with E-state index in [0.717, 1.165) is 25.9 Å². The minimum atomic E-state index is -0.909. The molecule has 3 N–H and O–H groups in total. The first-order valence-electron chi connectivity index (χ1n) is 6.35. The highest BCUT2D eigenvalue weighted by Gasteiger charge is 2.40. The summed E-state index contributed by atoms with van der Waals surface area (Å²) >= 11 is 0. The molecule has 2 saturated heterocycles. The van der Waals surface area contributed by atoms with Crippen molar-refractivity contribution in [3.8, 4) is 0 Å². The highest BCUT2D eigenvalue weighted by atomic mass is 16.5. The van der Waals surface area contributed by atoms with Crippen LogP contribution in [0.15, 0.2) is 0 Å². The summed E-state index contributed by atoms with van der Waals surface area (Å²) in [6.07, 6.45) is 1.56. The van der Waals surface area contributed by atoms with Gasteiger partial charge in [-0.25, -0.2) is 0 Å². The highest BCUT2D eigenvalue weighted by molar-refractivity contribution is 5.83. The molecule has 0 bridgehead atoms. The Balaban J connectivity index is 1.96. The number of ether oxygens (including phenoxy) is 1. The van der Waals surface area contributed by atoms with Crippen LogP contribution in [0.2, 0.25) is 0 Å². The summed E-state index contributed by atoms with van der Waals surface area (Å²) in [5.41, 5.74) is -0.392. The number of rotatable bonds is 3. The Hall–Kier alpha value is -1.14. The molecule has 0 aromatic rings. The van der Waals surface area contributed by atoms with Crippen molar-refractivity contribution in [3.63, 3.8) is 0 Å². The van der Waals surface area contributed by atoms with Gasteiger partial charge in [0.05, 0.1) is 19.3 Å². The second-order valence-electron chi connectivity index (χ2n) is 5.37. The van der Waals surface area contributed by atoms with Crippen molar-refractivity contribution in [3.05, 3.63) is 0 Å². The van der Waals surface area contributed by atoms with Crippen LogP contribution in [-0.2, 0) is 14.3 Å². The maximum atomic E-state index is 12.3. The van der Waals surface area contributed by atoms with Crippen LogP contribution in [0.4, 0.5) is 0 Å². The smallest absolute Gasteiger partial charge is 0.311 e. The number of amides is 1. The molecule has 2 atom stereocenters. The van der Waals surface area contributed by atoms with Gasteiger partial charge in [0.25, 0.3) is 0 Å². The van der Waals surface area contributed by atoms with E-state index >= 15 is 0 Å². The van der Waals surface area contributed by atoms with Crippen LogP contribution in [0, 0.1) is 11.3 Å². The minimum absolute atomic E-state index is 0.0502. The zero-order valence-electron chi connectivity index (χ0n) is 10.6. The van der Waals surface area contributed by atoms with Crippen LogP contribution < -0.4 is 10.6 Å². The van der Waals surface area contributed by atoms with Crippen LogP contribution in [0.3, 0.4) is 0 Å².